The summed E-state index contributed by atoms with van der Waals surface area (Å²) in [6.45, 7) is 11.0. The zero-order chi connectivity index (χ0) is 11.4. The molecule has 0 radical (unpaired) electrons. The SMILES string of the molecule is CC(C)(C)CCCC(C)(C)CC(N)=O. The van der Waals surface area contributed by atoms with E-state index in [0.29, 0.717) is 11.8 Å². The molecular weight excluding hydrogens is 174 g/mol. The van der Waals surface area contributed by atoms with Crippen molar-refractivity contribution in [2.75, 3.05) is 0 Å². The summed E-state index contributed by atoms with van der Waals surface area (Å²) >= 11 is 0. The lowest BCUT2D eigenvalue weighted by Gasteiger charge is -2.25. The van der Waals surface area contributed by atoms with Gasteiger partial charge in [-0.3, -0.25) is 4.79 Å². The number of nitrogens with two attached hydrogens (primary N) is 1. The molecule has 84 valence electrons. The summed E-state index contributed by atoms with van der Waals surface area (Å²) in [5.74, 6) is -0.189. The minimum Gasteiger partial charge on any atom is -0.370 e. The lowest BCUT2D eigenvalue weighted by atomic mass is 9.80. The predicted molar refractivity (Wildman–Crippen MR) is 60.9 cm³/mol. The smallest absolute Gasteiger partial charge is 0.217 e. The third-order valence-corrected chi connectivity index (χ3v) is 2.43. The van der Waals surface area contributed by atoms with Gasteiger partial charge in [-0.25, -0.2) is 0 Å². The van der Waals surface area contributed by atoms with E-state index in [1.807, 2.05) is 0 Å². The Balaban J connectivity index is 3.82. The molecule has 1 amide bonds. The molecule has 14 heavy (non-hydrogen) atoms. The Morgan fingerprint density at radius 2 is 1.57 bits per heavy atom. The number of amides is 1. The molecule has 0 spiro atoms. The fourth-order valence-corrected chi connectivity index (χ4v) is 1.66. The molecule has 0 aliphatic rings. The number of hydrogen-bond donors (Lipinski definition) is 1. The Kier molecular flexibility index (Phi) is 4.63. The van der Waals surface area contributed by atoms with Gasteiger partial charge in [0.05, 0.1) is 0 Å². The van der Waals surface area contributed by atoms with Crippen molar-refractivity contribution in [3.05, 3.63) is 0 Å². The van der Waals surface area contributed by atoms with E-state index in [4.69, 9.17) is 5.73 Å². The van der Waals surface area contributed by atoms with Gasteiger partial charge < -0.3 is 5.73 Å². The molecule has 0 aliphatic carbocycles. The number of carbonyl (C=O) groups is 1. The average Bonchev–Trinajstić information content (AvgIpc) is 1.78. The highest BCUT2D eigenvalue weighted by molar-refractivity contribution is 5.74. The van der Waals surface area contributed by atoms with Crippen molar-refractivity contribution in [1.29, 1.82) is 0 Å². The van der Waals surface area contributed by atoms with E-state index < -0.39 is 0 Å². The third-order valence-electron chi connectivity index (χ3n) is 2.43. The zero-order valence-corrected chi connectivity index (χ0v) is 10.3. The van der Waals surface area contributed by atoms with Crippen LogP contribution in [0.2, 0.25) is 0 Å². The second-order valence-electron chi connectivity index (χ2n) is 6.22. The van der Waals surface area contributed by atoms with E-state index in [9.17, 15) is 4.79 Å². The Bertz CT molecular complexity index is 189. The molecule has 0 saturated carbocycles. The Morgan fingerprint density at radius 1 is 1.07 bits per heavy atom. The molecule has 2 N–H and O–H groups in total. The van der Waals surface area contributed by atoms with Crippen LogP contribution in [-0.4, -0.2) is 5.91 Å². The molecular formula is C12H25NO. The summed E-state index contributed by atoms with van der Waals surface area (Å²) in [5, 5.41) is 0. The van der Waals surface area contributed by atoms with Gasteiger partial charge in [-0.15, -0.1) is 0 Å². The van der Waals surface area contributed by atoms with Gasteiger partial charge in [0.15, 0.2) is 0 Å². The van der Waals surface area contributed by atoms with Crippen molar-refractivity contribution in [3.63, 3.8) is 0 Å². The van der Waals surface area contributed by atoms with Crippen LogP contribution >= 0.6 is 0 Å². The van der Waals surface area contributed by atoms with Crippen LogP contribution in [0.3, 0.4) is 0 Å². The molecule has 0 aromatic rings. The highest BCUT2D eigenvalue weighted by Gasteiger charge is 2.21. The Hall–Kier alpha value is -0.530. The van der Waals surface area contributed by atoms with Crippen LogP contribution in [0.25, 0.3) is 0 Å². The number of rotatable bonds is 5. The van der Waals surface area contributed by atoms with Gasteiger partial charge in [-0.05, 0) is 23.7 Å². The molecule has 0 bridgehead atoms. The largest absolute Gasteiger partial charge is 0.370 e. The van der Waals surface area contributed by atoms with E-state index in [-0.39, 0.29) is 11.3 Å². The quantitative estimate of drug-likeness (QED) is 0.726. The van der Waals surface area contributed by atoms with Crippen molar-refractivity contribution in [2.45, 2.75) is 60.3 Å². The van der Waals surface area contributed by atoms with E-state index in [2.05, 4.69) is 34.6 Å². The van der Waals surface area contributed by atoms with Crippen LogP contribution in [0.15, 0.2) is 0 Å². The predicted octanol–water partition coefficient (Wildman–Crippen LogP) is 3.10. The monoisotopic (exact) mass is 199 g/mol. The maximum Gasteiger partial charge on any atom is 0.217 e. The molecule has 2 nitrogen and oxygen atoms in total. The molecule has 0 atom stereocenters. The van der Waals surface area contributed by atoms with Gasteiger partial charge in [-0.1, -0.05) is 41.0 Å². The molecule has 0 rings (SSSR count). The summed E-state index contributed by atoms with van der Waals surface area (Å²) < 4.78 is 0. The zero-order valence-electron chi connectivity index (χ0n) is 10.3. The topological polar surface area (TPSA) is 43.1 Å². The first kappa shape index (κ1) is 13.5. The molecule has 2 heteroatoms. The third kappa shape index (κ3) is 8.09. The maximum atomic E-state index is 10.8. The number of carbonyl (C=O) groups excluding carboxylic acids is 1. The summed E-state index contributed by atoms with van der Waals surface area (Å²) in [7, 11) is 0. The van der Waals surface area contributed by atoms with Crippen molar-refractivity contribution in [2.24, 2.45) is 16.6 Å². The van der Waals surface area contributed by atoms with Crippen LogP contribution in [0, 0.1) is 10.8 Å². The van der Waals surface area contributed by atoms with Crippen molar-refractivity contribution < 1.29 is 4.79 Å². The van der Waals surface area contributed by atoms with Gasteiger partial charge in [0.2, 0.25) is 5.91 Å². The van der Waals surface area contributed by atoms with Crippen molar-refractivity contribution >= 4 is 5.91 Å². The summed E-state index contributed by atoms with van der Waals surface area (Å²) in [5.41, 5.74) is 5.66. The van der Waals surface area contributed by atoms with E-state index in [0.717, 1.165) is 6.42 Å². The number of primary amides is 1. The van der Waals surface area contributed by atoms with Crippen LogP contribution in [-0.2, 0) is 4.79 Å². The highest BCUT2D eigenvalue weighted by atomic mass is 16.1. The minimum atomic E-state index is -0.189. The Labute approximate surface area is 88.3 Å². The Morgan fingerprint density at radius 3 is 1.93 bits per heavy atom. The van der Waals surface area contributed by atoms with E-state index in [1.165, 1.54) is 12.8 Å². The van der Waals surface area contributed by atoms with Crippen molar-refractivity contribution in [3.8, 4) is 0 Å². The summed E-state index contributed by atoms with van der Waals surface area (Å²) in [6.07, 6.45) is 3.95. The lowest BCUT2D eigenvalue weighted by Crippen LogP contribution is -2.22. The molecule has 0 saturated heterocycles. The molecule has 0 aliphatic heterocycles. The first-order chi connectivity index (χ1) is 6.12. The second kappa shape index (κ2) is 4.81. The number of hydrogen-bond acceptors (Lipinski definition) is 1. The second-order valence-corrected chi connectivity index (χ2v) is 6.22. The highest BCUT2D eigenvalue weighted by Crippen LogP contribution is 2.30. The molecule has 0 unspecified atom stereocenters. The van der Waals surface area contributed by atoms with Crippen LogP contribution in [0.4, 0.5) is 0 Å². The molecule has 0 aromatic carbocycles. The van der Waals surface area contributed by atoms with Gasteiger partial charge in [0, 0.05) is 6.42 Å². The lowest BCUT2D eigenvalue weighted by molar-refractivity contribution is -0.120. The van der Waals surface area contributed by atoms with E-state index in [1.54, 1.807) is 0 Å². The maximum absolute atomic E-state index is 10.8. The summed E-state index contributed by atoms with van der Waals surface area (Å²) in [4.78, 5) is 10.8. The van der Waals surface area contributed by atoms with E-state index >= 15 is 0 Å². The molecule has 0 aromatic heterocycles. The van der Waals surface area contributed by atoms with Gasteiger partial charge in [0.1, 0.15) is 0 Å². The van der Waals surface area contributed by atoms with Gasteiger partial charge in [0.25, 0.3) is 0 Å². The van der Waals surface area contributed by atoms with Crippen LogP contribution in [0.5, 0.6) is 0 Å². The molecule has 0 fully saturated rings. The van der Waals surface area contributed by atoms with Crippen LogP contribution in [0.1, 0.15) is 60.3 Å². The summed E-state index contributed by atoms with van der Waals surface area (Å²) in [6, 6.07) is 0. The normalized spacial score (nSPS) is 12.9. The standard InChI is InChI=1S/C12H25NO/c1-11(2,3)7-6-8-12(4,5)9-10(13)14/h6-9H2,1-5H3,(H2,13,14). The fraction of sp³-hybridized carbons (Fsp3) is 0.917. The minimum absolute atomic E-state index is 0.0666. The first-order valence-electron chi connectivity index (χ1n) is 5.41. The average molecular weight is 199 g/mol. The first-order valence-corrected chi connectivity index (χ1v) is 5.41. The van der Waals surface area contributed by atoms with Crippen molar-refractivity contribution in [1.82, 2.24) is 0 Å². The van der Waals surface area contributed by atoms with Gasteiger partial charge >= 0.3 is 0 Å². The van der Waals surface area contributed by atoms with Gasteiger partial charge in [-0.2, -0.15) is 0 Å². The van der Waals surface area contributed by atoms with Crippen LogP contribution < -0.4 is 5.73 Å². The molecule has 0 heterocycles. The fourth-order valence-electron chi connectivity index (χ4n) is 1.66.